The van der Waals surface area contributed by atoms with E-state index < -0.39 is 0 Å². The minimum atomic E-state index is -0.219. The molecule has 0 saturated heterocycles. The lowest BCUT2D eigenvalue weighted by Gasteiger charge is -2.17. The minimum Gasteiger partial charge on any atom is -0.322 e. The quantitative estimate of drug-likeness (QED) is 0.719. The van der Waals surface area contributed by atoms with E-state index in [4.69, 9.17) is 0 Å². The summed E-state index contributed by atoms with van der Waals surface area (Å²) in [4.78, 5) is 30.6. The first-order valence-corrected chi connectivity index (χ1v) is 9.56. The first kappa shape index (κ1) is 16.7. The van der Waals surface area contributed by atoms with Gasteiger partial charge in [0.15, 0.2) is 0 Å². The Morgan fingerprint density at radius 1 is 1.31 bits per heavy atom. The number of hydrogen-bond acceptors (Lipinski definition) is 4. The highest BCUT2D eigenvalue weighted by Crippen LogP contribution is 2.19. The number of carbonyl (C=O) groups excluding carboxylic acids is 1. The molecular weight excluding hydrogens is 346 g/mol. The molecule has 1 aliphatic heterocycles. The third-order valence-electron chi connectivity index (χ3n) is 4.62. The molecule has 1 amide bonds. The molecule has 0 saturated carbocycles. The number of nitrogens with zero attached hydrogens (tertiary/aromatic N) is 2. The van der Waals surface area contributed by atoms with Crippen molar-refractivity contribution in [1.29, 1.82) is 0 Å². The van der Waals surface area contributed by atoms with Crippen molar-refractivity contribution in [2.75, 3.05) is 5.32 Å². The molecular formula is C20H19N3O2S. The molecule has 3 heterocycles. The Kier molecular flexibility index (Phi) is 4.42. The first-order valence-electron chi connectivity index (χ1n) is 8.68. The number of carbonyl (C=O) groups is 1. The SMILES string of the molecule is Cc1ccsc1/C=C/C(=O)Nc1ccc2nc3n(c(=O)c2c1)CCCC3. The predicted molar refractivity (Wildman–Crippen MR) is 106 cm³/mol. The highest BCUT2D eigenvalue weighted by atomic mass is 32.1. The summed E-state index contributed by atoms with van der Waals surface area (Å²) in [5.74, 6) is 0.642. The van der Waals surface area contributed by atoms with Gasteiger partial charge < -0.3 is 5.32 Å². The van der Waals surface area contributed by atoms with Crippen LogP contribution in [0.3, 0.4) is 0 Å². The maximum absolute atomic E-state index is 12.7. The lowest BCUT2D eigenvalue weighted by atomic mass is 10.1. The highest BCUT2D eigenvalue weighted by molar-refractivity contribution is 7.11. The Hall–Kier alpha value is -2.73. The fourth-order valence-electron chi connectivity index (χ4n) is 3.21. The van der Waals surface area contributed by atoms with E-state index >= 15 is 0 Å². The van der Waals surface area contributed by atoms with Crippen LogP contribution in [0.2, 0.25) is 0 Å². The summed E-state index contributed by atoms with van der Waals surface area (Å²) in [5, 5.41) is 5.37. The molecule has 0 spiro atoms. The van der Waals surface area contributed by atoms with Crippen LogP contribution in [0.25, 0.3) is 17.0 Å². The molecule has 0 aliphatic carbocycles. The number of hydrogen-bond donors (Lipinski definition) is 1. The van der Waals surface area contributed by atoms with Crippen molar-refractivity contribution < 1.29 is 4.79 Å². The zero-order valence-corrected chi connectivity index (χ0v) is 15.3. The lowest BCUT2D eigenvalue weighted by Crippen LogP contribution is -2.28. The molecule has 26 heavy (non-hydrogen) atoms. The van der Waals surface area contributed by atoms with Crippen molar-refractivity contribution >= 4 is 39.9 Å². The van der Waals surface area contributed by atoms with Gasteiger partial charge in [-0.2, -0.15) is 0 Å². The molecule has 1 aromatic carbocycles. The number of anilines is 1. The van der Waals surface area contributed by atoms with Gasteiger partial charge in [-0.3, -0.25) is 14.2 Å². The molecule has 1 aliphatic rings. The summed E-state index contributed by atoms with van der Waals surface area (Å²) in [6.07, 6.45) is 6.24. The number of benzene rings is 1. The van der Waals surface area contributed by atoms with Gasteiger partial charge in [-0.25, -0.2) is 4.98 Å². The number of fused-ring (bicyclic) bond motifs is 2. The van der Waals surface area contributed by atoms with E-state index in [2.05, 4.69) is 10.3 Å². The van der Waals surface area contributed by atoms with E-state index in [0.29, 0.717) is 16.6 Å². The molecule has 0 fully saturated rings. The van der Waals surface area contributed by atoms with Gasteiger partial charge in [0, 0.05) is 29.6 Å². The number of rotatable bonds is 3. The second-order valence-corrected chi connectivity index (χ2v) is 7.41. The normalized spacial score (nSPS) is 13.9. The molecule has 5 nitrogen and oxygen atoms in total. The summed E-state index contributed by atoms with van der Waals surface area (Å²) < 4.78 is 1.76. The Labute approximate surface area is 155 Å². The van der Waals surface area contributed by atoms with E-state index in [1.54, 1.807) is 34.1 Å². The number of aryl methyl sites for hydroxylation is 2. The predicted octanol–water partition coefficient (Wildman–Crippen LogP) is 3.75. The fraction of sp³-hybridized carbons (Fsp3) is 0.250. The molecule has 3 aromatic rings. The van der Waals surface area contributed by atoms with Crippen LogP contribution in [0.15, 0.2) is 40.5 Å². The molecule has 6 heteroatoms. The van der Waals surface area contributed by atoms with Gasteiger partial charge in [0.2, 0.25) is 5.91 Å². The maximum Gasteiger partial charge on any atom is 0.261 e. The Morgan fingerprint density at radius 3 is 3.00 bits per heavy atom. The first-order chi connectivity index (χ1) is 12.6. The Morgan fingerprint density at radius 2 is 2.19 bits per heavy atom. The van der Waals surface area contributed by atoms with E-state index in [-0.39, 0.29) is 11.5 Å². The largest absolute Gasteiger partial charge is 0.322 e. The molecule has 132 valence electrons. The van der Waals surface area contributed by atoms with Crippen molar-refractivity contribution in [2.24, 2.45) is 0 Å². The van der Waals surface area contributed by atoms with Crippen molar-refractivity contribution in [1.82, 2.24) is 9.55 Å². The molecule has 1 N–H and O–H groups in total. The van der Waals surface area contributed by atoms with Gasteiger partial charge in [-0.15, -0.1) is 11.3 Å². The molecule has 0 bridgehead atoms. The molecule has 2 aromatic heterocycles. The zero-order chi connectivity index (χ0) is 18.1. The van der Waals surface area contributed by atoms with Crippen LogP contribution in [-0.2, 0) is 17.8 Å². The Bertz CT molecular complexity index is 1080. The van der Waals surface area contributed by atoms with Gasteiger partial charge in [-0.1, -0.05) is 0 Å². The van der Waals surface area contributed by atoms with Crippen LogP contribution in [0.5, 0.6) is 0 Å². The van der Waals surface area contributed by atoms with Crippen LogP contribution in [-0.4, -0.2) is 15.5 Å². The summed E-state index contributed by atoms with van der Waals surface area (Å²) in [6, 6.07) is 7.33. The van der Waals surface area contributed by atoms with Crippen LogP contribution in [0.4, 0.5) is 5.69 Å². The fourth-order valence-corrected chi connectivity index (χ4v) is 4.03. The molecule has 0 atom stereocenters. The van der Waals surface area contributed by atoms with Gasteiger partial charge in [0.25, 0.3) is 5.56 Å². The smallest absolute Gasteiger partial charge is 0.261 e. The standard InChI is InChI=1S/C20H19N3O2S/c1-13-9-11-26-17(13)7-8-19(24)21-14-5-6-16-15(12-14)20(25)23-10-3-2-4-18(23)22-16/h5-9,11-12H,2-4,10H2,1H3,(H,21,24)/b8-7+. The Balaban J connectivity index is 1.60. The van der Waals surface area contributed by atoms with Gasteiger partial charge in [0.05, 0.1) is 10.9 Å². The number of nitrogens with one attached hydrogen (secondary N) is 1. The van der Waals surface area contributed by atoms with Gasteiger partial charge in [-0.05, 0) is 61.1 Å². The number of aromatic nitrogens is 2. The van der Waals surface area contributed by atoms with Crippen molar-refractivity contribution in [3.05, 3.63) is 62.3 Å². The van der Waals surface area contributed by atoms with Crippen LogP contribution < -0.4 is 10.9 Å². The van der Waals surface area contributed by atoms with Crippen molar-refractivity contribution in [2.45, 2.75) is 32.7 Å². The van der Waals surface area contributed by atoms with E-state index in [0.717, 1.165) is 42.1 Å². The molecule has 4 rings (SSSR count). The van der Waals surface area contributed by atoms with E-state index in [1.165, 1.54) is 6.08 Å². The average molecular weight is 365 g/mol. The minimum absolute atomic E-state index is 0.0226. The summed E-state index contributed by atoms with van der Waals surface area (Å²) >= 11 is 1.60. The number of amides is 1. The summed E-state index contributed by atoms with van der Waals surface area (Å²) in [7, 11) is 0. The van der Waals surface area contributed by atoms with E-state index in [1.807, 2.05) is 24.4 Å². The number of thiophene rings is 1. The third kappa shape index (κ3) is 3.20. The molecule has 0 unspecified atom stereocenters. The second-order valence-electron chi connectivity index (χ2n) is 6.46. The van der Waals surface area contributed by atoms with Crippen LogP contribution in [0, 0.1) is 6.92 Å². The summed E-state index contributed by atoms with van der Waals surface area (Å²) in [6.45, 7) is 2.73. The second kappa shape index (κ2) is 6.88. The zero-order valence-electron chi connectivity index (χ0n) is 14.5. The van der Waals surface area contributed by atoms with Gasteiger partial charge in [0.1, 0.15) is 5.82 Å². The average Bonchev–Trinajstić information content (AvgIpc) is 3.06. The third-order valence-corrected chi connectivity index (χ3v) is 5.60. The monoisotopic (exact) mass is 365 g/mol. The van der Waals surface area contributed by atoms with Crippen molar-refractivity contribution in [3.8, 4) is 0 Å². The topological polar surface area (TPSA) is 64.0 Å². The van der Waals surface area contributed by atoms with Crippen molar-refractivity contribution in [3.63, 3.8) is 0 Å². The lowest BCUT2D eigenvalue weighted by molar-refractivity contribution is -0.111. The van der Waals surface area contributed by atoms with Crippen LogP contribution >= 0.6 is 11.3 Å². The van der Waals surface area contributed by atoms with Gasteiger partial charge >= 0.3 is 0 Å². The van der Waals surface area contributed by atoms with Crippen LogP contribution in [0.1, 0.15) is 29.1 Å². The maximum atomic E-state index is 12.7. The van der Waals surface area contributed by atoms with E-state index in [9.17, 15) is 9.59 Å². The summed E-state index contributed by atoms with van der Waals surface area (Å²) in [5.41, 5.74) is 2.41. The highest BCUT2D eigenvalue weighted by Gasteiger charge is 2.15. The molecule has 0 radical (unpaired) electrons.